The fourth-order valence-electron chi connectivity index (χ4n) is 3.71. The van der Waals surface area contributed by atoms with Gasteiger partial charge < -0.3 is 9.30 Å². The Labute approximate surface area is 128 Å². The van der Waals surface area contributed by atoms with E-state index in [1.54, 1.807) is 0 Å². The van der Waals surface area contributed by atoms with Gasteiger partial charge in [-0.25, -0.2) is 0 Å². The summed E-state index contributed by atoms with van der Waals surface area (Å²) in [7, 11) is 2.22. The second kappa shape index (κ2) is 5.95. The lowest BCUT2D eigenvalue weighted by atomic mass is 9.93. The average molecular weight is 289 g/mol. The first-order valence-electron chi connectivity index (χ1n) is 7.98. The number of aromatic nitrogens is 1. The van der Waals surface area contributed by atoms with Crippen molar-refractivity contribution in [1.82, 2.24) is 14.4 Å². The molecular weight excluding hydrogens is 262 g/mol. The summed E-state index contributed by atoms with van der Waals surface area (Å²) in [5.74, 6) is 0.553. The Morgan fingerprint density at radius 2 is 2.05 bits per heavy atom. The van der Waals surface area contributed by atoms with Gasteiger partial charge >= 0.3 is 0 Å². The molecule has 0 bridgehead atoms. The van der Waals surface area contributed by atoms with E-state index in [9.17, 15) is 0 Å². The number of fused-ring (bicyclic) bond motifs is 1. The molecule has 4 nitrogen and oxygen atoms in total. The van der Waals surface area contributed by atoms with Crippen molar-refractivity contribution < 1.29 is 4.74 Å². The summed E-state index contributed by atoms with van der Waals surface area (Å²) in [6.07, 6.45) is 1.99. The molecule has 1 saturated heterocycles. The average Bonchev–Trinajstić information content (AvgIpc) is 2.85. The first-order valence-corrected chi connectivity index (χ1v) is 7.98. The minimum atomic E-state index is 0.487. The minimum absolute atomic E-state index is 0.487. The molecule has 21 heavy (non-hydrogen) atoms. The number of rotatable bonds is 3. The number of nitrogens with zero attached hydrogens (tertiary/aromatic N) is 3. The van der Waals surface area contributed by atoms with E-state index >= 15 is 0 Å². The van der Waals surface area contributed by atoms with Gasteiger partial charge in [-0.3, -0.25) is 9.80 Å². The first kappa shape index (κ1) is 14.8. The van der Waals surface area contributed by atoms with E-state index < -0.39 is 0 Å². The van der Waals surface area contributed by atoms with Crippen LogP contribution in [0.25, 0.3) is 6.20 Å². The predicted molar refractivity (Wildman–Crippen MR) is 86.4 cm³/mol. The molecule has 0 aromatic carbocycles. The molecule has 4 heteroatoms. The normalized spacial score (nSPS) is 27.6. The summed E-state index contributed by atoms with van der Waals surface area (Å²) in [4.78, 5) is 4.92. The minimum Gasteiger partial charge on any atom is -0.379 e. The summed E-state index contributed by atoms with van der Waals surface area (Å²) < 4.78 is 7.78. The molecule has 0 radical (unpaired) electrons. The lowest BCUT2D eigenvalue weighted by Gasteiger charge is -2.34. The predicted octanol–water partition coefficient (Wildman–Crippen LogP) is 2.53. The smallest absolute Gasteiger partial charge is 0.0594 e. The molecular formula is C17H27N3O. The van der Waals surface area contributed by atoms with Gasteiger partial charge in [0.2, 0.25) is 0 Å². The lowest BCUT2D eigenvalue weighted by Crippen LogP contribution is -2.36. The van der Waals surface area contributed by atoms with Crippen molar-refractivity contribution in [2.75, 3.05) is 39.9 Å². The van der Waals surface area contributed by atoms with Gasteiger partial charge in [-0.2, -0.15) is 0 Å². The van der Waals surface area contributed by atoms with Crippen LogP contribution in [0.4, 0.5) is 0 Å². The molecule has 0 aliphatic carbocycles. The monoisotopic (exact) mass is 289 g/mol. The molecule has 3 heterocycles. The van der Waals surface area contributed by atoms with Gasteiger partial charge in [0, 0.05) is 55.7 Å². The highest BCUT2D eigenvalue weighted by Crippen LogP contribution is 2.37. The highest BCUT2D eigenvalue weighted by atomic mass is 16.5. The van der Waals surface area contributed by atoms with E-state index in [0.29, 0.717) is 12.0 Å². The Balaban J connectivity index is 1.92. The van der Waals surface area contributed by atoms with E-state index in [1.807, 2.05) is 6.20 Å². The maximum Gasteiger partial charge on any atom is 0.0594 e. The molecule has 1 aromatic rings. The number of hydrogen-bond donors (Lipinski definition) is 0. The molecule has 0 N–H and O–H groups in total. The van der Waals surface area contributed by atoms with Crippen LogP contribution in [0.15, 0.2) is 12.6 Å². The lowest BCUT2D eigenvalue weighted by molar-refractivity contribution is 0.0335. The number of likely N-dealkylation sites (N-methyl/N-ethyl adjacent to an activating group) is 1. The van der Waals surface area contributed by atoms with E-state index in [1.165, 1.54) is 17.0 Å². The van der Waals surface area contributed by atoms with Crippen LogP contribution in [0, 0.1) is 0 Å². The van der Waals surface area contributed by atoms with E-state index in [-0.39, 0.29) is 0 Å². The summed E-state index contributed by atoms with van der Waals surface area (Å²) in [6.45, 7) is 14.5. The summed E-state index contributed by atoms with van der Waals surface area (Å²) in [6, 6.07) is 2.88. The molecule has 2 atom stereocenters. The van der Waals surface area contributed by atoms with Gasteiger partial charge in [-0.1, -0.05) is 13.5 Å². The maximum atomic E-state index is 5.45. The van der Waals surface area contributed by atoms with Gasteiger partial charge in [0.05, 0.1) is 13.2 Å². The summed E-state index contributed by atoms with van der Waals surface area (Å²) in [5, 5.41) is 0. The van der Waals surface area contributed by atoms with Crippen LogP contribution < -0.4 is 0 Å². The third-order valence-corrected chi connectivity index (χ3v) is 5.00. The third-order valence-electron chi connectivity index (χ3n) is 5.00. The molecule has 0 spiro atoms. The van der Waals surface area contributed by atoms with Crippen LogP contribution >= 0.6 is 0 Å². The third kappa shape index (κ3) is 2.68. The Kier molecular flexibility index (Phi) is 4.20. The zero-order chi connectivity index (χ0) is 15.0. The molecule has 1 aromatic heterocycles. The van der Waals surface area contributed by atoms with E-state index in [4.69, 9.17) is 4.74 Å². The van der Waals surface area contributed by atoms with Crippen molar-refractivity contribution in [2.45, 2.75) is 32.4 Å². The maximum absolute atomic E-state index is 5.45. The highest BCUT2D eigenvalue weighted by molar-refractivity contribution is 5.42. The number of morpholine rings is 1. The molecule has 0 unspecified atom stereocenters. The first-order chi connectivity index (χ1) is 10.1. The van der Waals surface area contributed by atoms with Crippen molar-refractivity contribution >= 4 is 6.20 Å². The van der Waals surface area contributed by atoms with Gasteiger partial charge in [0.25, 0.3) is 0 Å². The number of hydrogen-bond acceptors (Lipinski definition) is 3. The Morgan fingerprint density at radius 1 is 1.33 bits per heavy atom. The van der Waals surface area contributed by atoms with Crippen LogP contribution in [0.3, 0.4) is 0 Å². The Bertz CT molecular complexity index is 516. The molecule has 2 aliphatic heterocycles. The van der Waals surface area contributed by atoms with Crippen LogP contribution in [-0.2, 0) is 11.3 Å². The van der Waals surface area contributed by atoms with Gasteiger partial charge in [0.15, 0.2) is 0 Å². The van der Waals surface area contributed by atoms with Gasteiger partial charge in [-0.05, 0) is 25.6 Å². The van der Waals surface area contributed by atoms with Crippen molar-refractivity contribution in [3.63, 3.8) is 0 Å². The molecule has 116 valence electrons. The van der Waals surface area contributed by atoms with Crippen molar-refractivity contribution in [2.24, 2.45) is 0 Å². The summed E-state index contributed by atoms with van der Waals surface area (Å²) in [5.41, 5.74) is 4.30. The zero-order valence-corrected chi connectivity index (χ0v) is 13.5. The topological polar surface area (TPSA) is 20.6 Å². The highest BCUT2D eigenvalue weighted by Gasteiger charge is 2.30. The van der Waals surface area contributed by atoms with Crippen LogP contribution in [-0.4, -0.2) is 54.3 Å². The fourth-order valence-corrected chi connectivity index (χ4v) is 3.71. The second-order valence-electron chi connectivity index (χ2n) is 6.43. The molecule has 0 amide bonds. The second-order valence-corrected chi connectivity index (χ2v) is 6.43. The Hall–Kier alpha value is -1.10. The summed E-state index contributed by atoms with van der Waals surface area (Å²) >= 11 is 0. The van der Waals surface area contributed by atoms with Gasteiger partial charge in [0.1, 0.15) is 0 Å². The zero-order valence-electron chi connectivity index (χ0n) is 13.5. The van der Waals surface area contributed by atoms with Gasteiger partial charge in [-0.15, -0.1) is 0 Å². The SMILES string of the molecule is C=Cn1c(CN2CCOCC2)cc2c1[C@@H](C)CN(C)[C@@H]2C. The standard InChI is InChI=1S/C17H27N3O/c1-5-20-15(12-19-6-8-21-9-7-19)10-16-14(3)18(4)11-13(2)17(16)20/h5,10,13-14H,1,6-9,11-12H2,2-4H3/t13-,14+/m0/s1. The molecule has 3 rings (SSSR count). The van der Waals surface area contributed by atoms with Crippen molar-refractivity contribution in [3.8, 4) is 0 Å². The van der Waals surface area contributed by atoms with E-state index in [0.717, 1.165) is 39.4 Å². The molecule has 1 fully saturated rings. The quantitative estimate of drug-likeness (QED) is 0.853. The van der Waals surface area contributed by atoms with E-state index in [2.05, 4.69) is 47.9 Å². The molecule has 2 aliphatic rings. The van der Waals surface area contributed by atoms with Crippen LogP contribution in [0.2, 0.25) is 0 Å². The number of ether oxygens (including phenoxy) is 1. The van der Waals surface area contributed by atoms with Crippen LogP contribution in [0.5, 0.6) is 0 Å². The largest absolute Gasteiger partial charge is 0.379 e. The van der Waals surface area contributed by atoms with Crippen LogP contribution in [0.1, 0.15) is 42.8 Å². The fraction of sp³-hybridized carbons (Fsp3) is 0.647. The molecule has 0 saturated carbocycles. The van der Waals surface area contributed by atoms with Crippen molar-refractivity contribution in [3.05, 3.63) is 29.6 Å². The Morgan fingerprint density at radius 3 is 2.71 bits per heavy atom. The van der Waals surface area contributed by atoms with Crippen molar-refractivity contribution in [1.29, 1.82) is 0 Å².